The molecule has 3 heterocycles. The molecule has 26 heavy (non-hydrogen) atoms. The van der Waals surface area contributed by atoms with E-state index in [1.54, 1.807) is 30.3 Å². The van der Waals surface area contributed by atoms with Gasteiger partial charge in [-0.05, 0) is 47.4 Å². The van der Waals surface area contributed by atoms with Crippen LogP contribution in [-0.4, -0.2) is 25.3 Å². The van der Waals surface area contributed by atoms with E-state index in [1.165, 1.54) is 30.4 Å². The van der Waals surface area contributed by atoms with Gasteiger partial charge >= 0.3 is 0 Å². The summed E-state index contributed by atoms with van der Waals surface area (Å²) in [7, 11) is 0. The maximum Gasteiger partial charge on any atom is 0.213 e. The monoisotopic (exact) mass is 388 g/mol. The highest BCUT2D eigenvalue weighted by Crippen LogP contribution is 2.54. The number of nitrogens with one attached hydrogen (secondary N) is 1. The van der Waals surface area contributed by atoms with Gasteiger partial charge in [0.2, 0.25) is 5.95 Å². The maximum absolute atomic E-state index is 13.5. The molecule has 132 valence electrons. The summed E-state index contributed by atoms with van der Waals surface area (Å²) >= 11 is 7.47. The summed E-state index contributed by atoms with van der Waals surface area (Å²) < 4.78 is 13.5. The summed E-state index contributed by atoms with van der Waals surface area (Å²) in [6, 6.07) is 10.3. The molecule has 2 N–H and O–H groups in total. The summed E-state index contributed by atoms with van der Waals surface area (Å²) in [5.74, 6) is 0.0751. The van der Waals surface area contributed by atoms with Gasteiger partial charge in [-0.3, -0.25) is 5.10 Å². The smallest absolute Gasteiger partial charge is 0.213 e. The first-order chi connectivity index (χ1) is 12.6. The zero-order valence-corrected chi connectivity index (χ0v) is 15.0. The van der Waals surface area contributed by atoms with Gasteiger partial charge in [0.25, 0.3) is 0 Å². The van der Waals surface area contributed by atoms with E-state index < -0.39 is 12.1 Å². The summed E-state index contributed by atoms with van der Waals surface area (Å²) in [4.78, 5) is 8.66. The summed E-state index contributed by atoms with van der Waals surface area (Å²) in [6.07, 6.45) is 2.63. The second kappa shape index (κ2) is 7.19. The summed E-state index contributed by atoms with van der Waals surface area (Å²) in [5.41, 5.74) is 2.37. The Balaban J connectivity index is 1.70. The van der Waals surface area contributed by atoms with Gasteiger partial charge in [-0.15, -0.1) is 11.8 Å². The minimum absolute atomic E-state index is 0.0375. The van der Waals surface area contributed by atoms with Gasteiger partial charge in [0.15, 0.2) is 5.82 Å². The van der Waals surface area contributed by atoms with Crippen LogP contribution in [0.5, 0.6) is 0 Å². The lowest BCUT2D eigenvalue weighted by molar-refractivity contribution is 0.212. The molecule has 1 aliphatic rings. The van der Waals surface area contributed by atoms with Crippen LogP contribution in [-0.2, 0) is 0 Å². The van der Waals surface area contributed by atoms with Crippen molar-refractivity contribution in [2.75, 3.05) is 0 Å². The van der Waals surface area contributed by atoms with E-state index in [2.05, 4.69) is 20.2 Å². The molecule has 1 aliphatic heterocycles. The Morgan fingerprint density at radius 2 is 2.04 bits per heavy atom. The predicted octanol–water partition coefficient (Wildman–Crippen LogP) is 4.32. The number of hydrogen-bond donors (Lipinski definition) is 2. The lowest BCUT2D eigenvalue weighted by Crippen LogP contribution is -2.03. The Bertz CT molecular complexity index is 946. The topological polar surface area (TPSA) is 74.7 Å². The Morgan fingerprint density at radius 3 is 2.73 bits per heavy atom. The molecule has 0 amide bonds. The Labute approximate surface area is 158 Å². The zero-order valence-electron chi connectivity index (χ0n) is 13.4. The molecule has 4 rings (SSSR count). The van der Waals surface area contributed by atoms with Gasteiger partial charge in [0.1, 0.15) is 12.4 Å². The van der Waals surface area contributed by atoms with Gasteiger partial charge in [0, 0.05) is 16.5 Å². The number of aromatic nitrogens is 4. The number of rotatable bonds is 4. The number of halogens is 2. The lowest BCUT2D eigenvalue weighted by Gasteiger charge is -2.15. The van der Waals surface area contributed by atoms with Crippen LogP contribution in [0.15, 0.2) is 54.5 Å². The van der Waals surface area contributed by atoms with Crippen molar-refractivity contribution < 1.29 is 9.50 Å². The third-order valence-corrected chi connectivity index (χ3v) is 5.89. The fourth-order valence-corrected chi connectivity index (χ4v) is 4.47. The van der Waals surface area contributed by atoms with E-state index in [-0.39, 0.29) is 5.25 Å². The van der Waals surface area contributed by atoms with Crippen molar-refractivity contribution in [2.45, 2.75) is 17.8 Å². The second-order valence-electron chi connectivity index (χ2n) is 5.87. The molecule has 3 aromatic rings. The van der Waals surface area contributed by atoms with Crippen molar-refractivity contribution in [2.24, 2.45) is 0 Å². The van der Waals surface area contributed by atoms with Gasteiger partial charge in [-0.1, -0.05) is 23.7 Å². The van der Waals surface area contributed by atoms with E-state index >= 15 is 0 Å². The van der Waals surface area contributed by atoms with Crippen molar-refractivity contribution in [1.82, 2.24) is 20.2 Å². The minimum Gasteiger partial charge on any atom is -0.384 e. The average molecular weight is 389 g/mol. The van der Waals surface area contributed by atoms with Crippen LogP contribution in [0.3, 0.4) is 0 Å². The largest absolute Gasteiger partial charge is 0.384 e. The number of H-pyrrole nitrogens is 1. The van der Waals surface area contributed by atoms with Crippen LogP contribution < -0.4 is 0 Å². The van der Waals surface area contributed by atoms with Crippen LogP contribution in [0.1, 0.15) is 34.7 Å². The van der Waals surface area contributed by atoms with Gasteiger partial charge in [-0.25, -0.2) is 9.97 Å². The minimum atomic E-state index is -0.809. The zero-order chi connectivity index (χ0) is 18.1. The molecule has 0 bridgehead atoms. The van der Waals surface area contributed by atoms with Crippen LogP contribution in [0.2, 0.25) is 5.02 Å². The third-order valence-electron chi connectivity index (χ3n) is 4.23. The number of hydrogen-bond acceptors (Lipinski definition) is 5. The van der Waals surface area contributed by atoms with Gasteiger partial charge < -0.3 is 5.11 Å². The fraction of sp³-hybridized carbons (Fsp3) is 0.167. The van der Waals surface area contributed by atoms with Gasteiger partial charge in [-0.2, -0.15) is 9.49 Å². The molecule has 0 aliphatic carbocycles. The molecule has 0 saturated heterocycles. The Hall–Kier alpha value is -2.22. The second-order valence-corrected chi connectivity index (χ2v) is 7.51. The van der Waals surface area contributed by atoms with Crippen molar-refractivity contribution in [3.63, 3.8) is 0 Å². The Morgan fingerprint density at radius 1 is 1.23 bits per heavy atom. The SMILES string of the molecule is OC(C1=C(c2ncn[nH]2)SC(c2ccnc(F)c2)C1)c1ccc(Cl)cc1. The van der Waals surface area contributed by atoms with Crippen LogP contribution in [0.4, 0.5) is 4.39 Å². The molecule has 1 aromatic carbocycles. The molecule has 5 nitrogen and oxygen atoms in total. The first kappa shape index (κ1) is 17.2. The molecular weight excluding hydrogens is 375 g/mol. The lowest BCUT2D eigenvalue weighted by atomic mass is 9.95. The molecule has 2 atom stereocenters. The molecule has 8 heteroatoms. The van der Waals surface area contributed by atoms with E-state index in [1.807, 2.05) is 0 Å². The summed E-state index contributed by atoms with van der Waals surface area (Å²) in [5, 5.41) is 18.3. The van der Waals surface area contributed by atoms with Crippen molar-refractivity contribution >= 4 is 28.3 Å². The van der Waals surface area contributed by atoms with Crippen LogP contribution >= 0.6 is 23.4 Å². The molecule has 0 spiro atoms. The highest BCUT2D eigenvalue weighted by Gasteiger charge is 2.33. The molecule has 2 aromatic heterocycles. The number of nitrogens with zero attached hydrogens (tertiary/aromatic N) is 3. The number of aliphatic hydroxyl groups is 1. The van der Waals surface area contributed by atoms with E-state index in [0.717, 1.165) is 21.6 Å². The number of aliphatic hydroxyl groups excluding tert-OH is 1. The van der Waals surface area contributed by atoms with Gasteiger partial charge in [0.05, 0.1) is 4.91 Å². The molecular formula is C18H14ClFN4OS. The molecule has 0 saturated carbocycles. The number of thioether (sulfide) groups is 1. The third kappa shape index (κ3) is 3.38. The van der Waals surface area contributed by atoms with E-state index in [9.17, 15) is 9.50 Å². The quantitative estimate of drug-likeness (QED) is 0.651. The van der Waals surface area contributed by atoms with Crippen molar-refractivity contribution in [1.29, 1.82) is 0 Å². The van der Waals surface area contributed by atoms with Crippen molar-refractivity contribution in [3.05, 3.63) is 82.4 Å². The van der Waals surface area contributed by atoms with Crippen LogP contribution in [0.25, 0.3) is 4.91 Å². The fourth-order valence-electron chi connectivity index (χ4n) is 2.96. The van der Waals surface area contributed by atoms with Crippen LogP contribution in [0, 0.1) is 5.95 Å². The molecule has 0 radical (unpaired) electrons. The summed E-state index contributed by atoms with van der Waals surface area (Å²) in [6.45, 7) is 0. The first-order valence-corrected chi connectivity index (χ1v) is 9.18. The number of benzene rings is 1. The Kier molecular flexibility index (Phi) is 4.76. The maximum atomic E-state index is 13.5. The number of aromatic amines is 1. The van der Waals surface area contributed by atoms with Crippen molar-refractivity contribution in [3.8, 4) is 0 Å². The average Bonchev–Trinajstić information content (AvgIpc) is 3.31. The number of pyridine rings is 1. The highest BCUT2D eigenvalue weighted by atomic mass is 35.5. The predicted molar refractivity (Wildman–Crippen MR) is 98.9 cm³/mol. The first-order valence-electron chi connectivity index (χ1n) is 7.92. The normalized spacial score (nSPS) is 18.3. The molecule has 0 fully saturated rings. The van der Waals surface area contributed by atoms with E-state index in [0.29, 0.717) is 17.3 Å². The van der Waals surface area contributed by atoms with E-state index in [4.69, 9.17) is 11.6 Å². The standard InChI is InChI=1S/C18H14ClFN4OS/c19-12-3-1-10(2-4-12)16(25)13-8-14(11-5-6-21-15(20)7-11)26-17(13)18-22-9-23-24-18/h1-7,9,14,16,25H,8H2,(H,22,23,24). The molecule has 2 unspecified atom stereocenters. The highest BCUT2D eigenvalue weighted by molar-refractivity contribution is 8.08.